The lowest BCUT2D eigenvalue weighted by Gasteiger charge is -2.40. The normalized spacial score (nSPS) is 35.5. The molecule has 1 amide bonds. The van der Waals surface area contributed by atoms with Gasteiger partial charge in [-0.05, 0) is 87.8 Å². The molecule has 0 saturated heterocycles. The Morgan fingerprint density at radius 3 is 2.69 bits per heavy atom. The standard InChI is InChI=1S/C22H33N3O/c1-14(2)13-23-22-10-16-7-17(11-22)18(12-22)9-19(8-16)25-21(26)20-6-4-5-15(3)24-20/h4-6,14,16-19,23H,7-13H2,1-3H3,(H,25,26). The molecular weight excluding hydrogens is 322 g/mol. The Balaban J connectivity index is 1.42. The molecule has 4 heteroatoms. The van der Waals surface area contributed by atoms with Crippen molar-refractivity contribution in [3.63, 3.8) is 0 Å². The molecule has 3 saturated carbocycles. The van der Waals surface area contributed by atoms with Crippen LogP contribution in [-0.2, 0) is 0 Å². The van der Waals surface area contributed by atoms with Crippen LogP contribution < -0.4 is 10.6 Å². The van der Waals surface area contributed by atoms with Gasteiger partial charge in [-0.3, -0.25) is 4.79 Å². The second-order valence-corrected chi connectivity index (χ2v) is 9.60. The zero-order valence-electron chi connectivity index (χ0n) is 16.4. The maximum absolute atomic E-state index is 12.6. The lowest BCUT2D eigenvalue weighted by Crippen LogP contribution is -2.49. The number of rotatable bonds is 5. The van der Waals surface area contributed by atoms with Crippen LogP contribution in [-0.4, -0.2) is 29.0 Å². The second kappa shape index (κ2) is 6.95. The van der Waals surface area contributed by atoms with Gasteiger partial charge in [0, 0.05) is 17.3 Å². The highest BCUT2D eigenvalue weighted by atomic mass is 16.1. The third-order valence-electron chi connectivity index (χ3n) is 6.83. The predicted octanol–water partition coefficient (Wildman–Crippen LogP) is 3.70. The van der Waals surface area contributed by atoms with Crippen LogP contribution in [0, 0.1) is 30.6 Å². The number of hydrogen-bond acceptors (Lipinski definition) is 3. The van der Waals surface area contributed by atoms with E-state index in [1.807, 2.05) is 25.1 Å². The number of amides is 1. The monoisotopic (exact) mass is 355 g/mol. The molecule has 0 aromatic carbocycles. The van der Waals surface area contributed by atoms with Crippen molar-refractivity contribution in [2.45, 2.75) is 70.9 Å². The summed E-state index contributed by atoms with van der Waals surface area (Å²) in [7, 11) is 0. The smallest absolute Gasteiger partial charge is 0.270 e. The average Bonchev–Trinajstić information content (AvgIpc) is 2.76. The summed E-state index contributed by atoms with van der Waals surface area (Å²) in [5, 5.41) is 7.26. The van der Waals surface area contributed by atoms with Gasteiger partial charge in [-0.1, -0.05) is 19.9 Å². The Kier molecular flexibility index (Phi) is 4.81. The van der Waals surface area contributed by atoms with Crippen molar-refractivity contribution in [3.8, 4) is 0 Å². The predicted molar refractivity (Wildman–Crippen MR) is 104 cm³/mol. The summed E-state index contributed by atoms with van der Waals surface area (Å²) in [6.45, 7) is 7.66. The lowest BCUT2D eigenvalue weighted by molar-refractivity contribution is 0.0914. The van der Waals surface area contributed by atoms with E-state index < -0.39 is 0 Å². The number of aromatic nitrogens is 1. The SMILES string of the molecule is Cc1cccc(C(=O)NC2CC3CC4CC(NCC(C)C)(C3)CC4C2)n1. The maximum atomic E-state index is 12.6. The summed E-state index contributed by atoms with van der Waals surface area (Å²) in [4.78, 5) is 17.0. The van der Waals surface area contributed by atoms with E-state index in [1.165, 1.54) is 25.7 Å². The van der Waals surface area contributed by atoms with Gasteiger partial charge in [0.2, 0.25) is 0 Å². The van der Waals surface area contributed by atoms with E-state index in [9.17, 15) is 4.79 Å². The minimum absolute atomic E-state index is 0.00123. The fourth-order valence-electron chi connectivity index (χ4n) is 5.93. The van der Waals surface area contributed by atoms with Crippen LogP contribution in [0.25, 0.3) is 0 Å². The summed E-state index contributed by atoms with van der Waals surface area (Å²) in [5.74, 6) is 3.07. The summed E-state index contributed by atoms with van der Waals surface area (Å²) < 4.78 is 0. The highest BCUT2D eigenvalue weighted by Gasteiger charge is 2.52. The van der Waals surface area contributed by atoms with Gasteiger partial charge in [0.05, 0.1) is 0 Å². The van der Waals surface area contributed by atoms with Crippen LogP contribution in [0.2, 0.25) is 0 Å². The van der Waals surface area contributed by atoms with Crippen LogP contribution in [0.3, 0.4) is 0 Å². The maximum Gasteiger partial charge on any atom is 0.270 e. The van der Waals surface area contributed by atoms with Crippen molar-refractivity contribution in [1.29, 1.82) is 0 Å². The van der Waals surface area contributed by atoms with Crippen LogP contribution in [0.5, 0.6) is 0 Å². The quantitative estimate of drug-likeness (QED) is 0.847. The molecule has 0 spiro atoms. The number of fused-ring (bicyclic) bond motifs is 2. The highest BCUT2D eigenvalue weighted by molar-refractivity contribution is 5.92. The van der Waals surface area contributed by atoms with E-state index >= 15 is 0 Å². The van der Waals surface area contributed by atoms with Crippen molar-refractivity contribution in [2.24, 2.45) is 23.7 Å². The molecule has 26 heavy (non-hydrogen) atoms. The largest absolute Gasteiger partial charge is 0.348 e. The molecule has 3 aliphatic rings. The van der Waals surface area contributed by atoms with E-state index in [4.69, 9.17) is 0 Å². The Bertz CT molecular complexity index is 669. The molecule has 2 N–H and O–H groups in total. The van der Waals surface area contributed by atoms with Gasteiger partial charge in [0.15, 0.2) is 0 Å². The van der Waals surface area contributed by atoms with Gasteiger partial charge < -0.3 is 10.6 Å². The molecular formula is C22H33N3O. The number of hydrogen-bond donors (Lipinski definition) is 2. The van der Waals surface area contributed by atoms with Crippen molar-refractivity contribution in [2.75, 3.05) is 6.54 Å². The highest BCUT2D eigenvalue weighted by Crippen LogP contribution is 2.55. The van der Waals surface area contributed by atoms with Gasteiger partial charge in [-0.15, -0.1) is 0 Å². The minimum Gasteiger partial charge on any atom is -0.348 e. The first-order valence-corrected chi connectivity index (χ1v) is 10.4. The van der Waals surface area contributed by atoms with Crippen molar-refractivity contribution in [3.05, 3.63) is 29.6 Å². The molecule has 0 radical (unpaired) electrons. The van der Waals surface area contributed by atoms with E-state index in [0.29, 0.717) is 23.2 Å². The molecule has 3 aliphatic carbocycles. The second-order valence-electron chi connectivity index (χ2n) is 9.60. The summed E-state index contributed by atoms with van der Waals surface area (Å²) in [6.07, 6.45) is 7.59. The number of carbonyl (C=O) groups is 1. The molecule has 5 unspecified atom stereocenters. The number of carbonyl (C=O) groups excluding carboxylic acids is 1. The van der Waals surface area contributed by atoms with Gasteiger partial charge >= 0.3 is 0 Å². The zero-order valence-corrected chi connectivity index (χ0v) is 16.4. The third-order valence-corrected chi connectivity index (χ3v) is 6.83. The van der Waals surface area contributed by atoms with Crippen LogP contribution in [0.4, 0.5) is 0 Å². The number of pyridine rings is 1. The van der Waals surface area contributed by atoms with Crippen molar-refractivity contribution >= 4 is 5.91 Å². The molecule has 4 nitrogen and oxygen atoms in total. The van der Waals surface area contributed by atoms with E-state index in [1.54, 1.807) is 0 Å². The fraction of sp³-hybridized carbons (Fsp3) is 0.727. The molecule has 0 aliphatic heterocycles. The Morgan fingerprint density at radius 2 is 1.96 bits per heavy atom. The van der Waals surface area contributed by atoms with Gasteiger partial charge in [0.25, 0.3) is 5.91 Å². The Morgan fingerprint density at radius 1 is 1.19 bits per heavy atom. The average molecular weight is 356 g/mol. The van der Waals surface area contributed by atoms with Gasteiger partial charge in [-0.25, -0.2) is 4.98 Å². The lowest BCUT2D eigenvalue weighted by atomic mass is 9.74. The number of aryl methyl sites for hydroxylation is 1. The summed E-state index contributed by atoms with van der Waals surface area (Å²) in [5.41, 5.74) is 1.84. The number of nitrogens with one attached hydrogen (secondary N) is 2. The van der Waals surface area contributed by atoms with Crippen LogP contribution in [0.1, 0.15) is 68.6 Å². The van der Waals surface area contributed by atoms with E-state index in [2.05, 4.69) is 29.5 Å². The molecule has 3 bridgehead atoms. The Labute approximate surface area is 157 Å². The number of nitrogens with zero attached hydrogens (tertiary/aromatic N) is 1. The molecule has 1 aromatic heterocycles. The molecule has 3 fully saturated rings. The minimum atomic E-state index is -0.00123. The van der Waals surface area contributed by atoms with Gasteiger partial charge in [-0.2, -0.15) is 0 Å². The van der Waals surface area contributed by atoms with Crippen LogP contribution >= 0.6 is 0 Å². The molecule has 4 rings (SSSR count). The summed E-state index contributed by atoms with van der Waals surface area (Å²) >= 11 is 0. The van der Waals surface area contributed by atoms with Crippen LogP contribution in [0.15, 0.2) is 18.2 Å². The fourth-order valence-corrected chi connectivity index (χ4v) is 5.93. The van der Waals surface area contributed by atoms with E-state index in [0.717, 1.165) is 42.8 Å². The first-order valence-electron chi connectivity index (χ1n) is 10.4. The van der Waals surface area contributed by atoms with Crippen molar-refractivity contribution in [1.82, 2.24) is 15.6 Å². The molecule has 1 aromatic rings. The topological polar surface area (TPSA) is 54.0 Å². The third kappa shape index (κ3) is 3.66. The first-order chi connectivity index (χ1) is 12.4. The van der Waals surface area contributed by atoms with E-state index in [-0.39, 0.29) is 5.91 Å². The zero-order chi connectivity index (χ0) is 18.3. The van der Waals surface area contributed by atoms with Crippen molar-refractivity contribution < 1.29 is 4.79 Å². The summed E-state index contributed by atoms with van der Waals surface area (Å²) in [6, 6.07) is 5.98. The van der Waals surface area contributed by atoms with Gasteiger partial charge in [0.1, 0.15) is 5.69 Å². The molecule has 142 valence electrons. The first kappa shape index (κ1) is 18.0. The molecule has 1 heterocycles. The molecule has 5 atom stereocenters. The Hall–Kier alpha value is -1.42.